The Labute approximate surface area is 140 Å². The lowest BCUT2D eigenvalue weighted by molar-refractivity contribution is -0.119. The van der Waals surface area contributed by atoms with Gasteiger partial charge in [-0.05, 0) is 61.7 Å². The largest absolute Gasteiger partial charge is 0.319 e. The SMILES string of the molecule is Cc1ccc(NC(=O)c2ccc(N3CCCCC3=O)cc2)c(F)c1. The standard InChI is InChI=1S/C19H19FN2O2/c1-13-5-10-17(16(20)12-13)21-19(24)14-6-8-15(9-7-14)22-11-3-2-4-18(22)23/h5-10,12H,2-4,11H2,1H3,(H,21,24). The summed E-state index contributed by atoms with van der Waals surface area (Å²) in [5.41, 5.74) is 2.16. The molecule has 1 N–H and O–H groups in total. The number of amides is 2. The zero-order valence-corrected chi connectivity index (χ0v) is 13.5. The van der Waals surface area contributed by atoms with Gasteiger partial charge < -0.3 is 10.2 Å². The Kier molecular flexibility index (Phi) is 4.60. The summed E-state index contributed by atoms with van der Waals surface area (Å²) < 4.78 is 13.8. The van der Waals surface area contributed by atoms with Crippen LogP contribution in [-0.4, -0.2) is 18.4 Å². The highest BCUT2D eigenvalue weighted by atomic mass is 19.1. The molecule has 1 fully saturated rings. The number of benzene rings is 2. The number of anilines is 2. The molecular weight excluding hydrogens is 307 g/mol. The molecule has 2 aromatic rings. The first-order chi connectivity index (χ1) is 11.5. The molecule has 124 valence electrons. The van der Waals surface area contributed by atoms with E-state index in [4.69, 9.17) is 0 Å². The molecule has 1 heterocycles. The Bertz CT molecular complexity index is 771. The van der Waals surface area contributed by atoms with Crippen LogP contribution in [-0.2, 0) is 4.79 Å². The highest BCUT2D eigenvalue weighted by Crippen LogP contribution is 2.22. The van der Waals surface area contributed by atoms with Crippen molar-refractivity contribution < 1.29 is 14.0 Å². The van der Waals surface area contributed by atoms with Gasteiger partial charge in [-0.3, -0.25) is 9.59 Å². The van der Waals surface area contributed by atoms with Crippen molar-refractivity contribution >= 4 is 23.2 Å². The van der Waals surface area contributed by atoms with Gasteiger partial charge in [0, 0.05) is 24.2 Å². The van der Waals surface area contributed by atoms with E-state index < -0.39 is 5.82 Å². The van der Waals surface area contributed by atoms with E-state index in [1.54, 1.807) is 48.2 Å². The average Bonchev–Trinajstić information content (AvgIpc) is 2.58. The molecule has 0 bridgehead atoms. The highest BCUT2D eigenvalue weighted by Gasteiger charge is 2.19. The van der Waals surface area contributed by atoms with Gasteiger partial charge in [0.1, 0.15) is 5.82 Å². The molecule has 2 aromatic carbocycles. The van der Waals surface area contributed by atoms with Gasteiger partial charge in [0.25, 0.3) is 5.91 Å². The lowest BCUT2D eigenvalue weighted by Gasteiger charge is -2.26. The number of carbonyl (C=O) groups excluding carboxylic acids is 2. The van der Waals surface area contributed by atoms with Gasteiger partial charge in [0.15, 0.2) is 0 Å². The lowest BCUT2D eigenvalue weighted by atomic mass is 10.1. The van der Waals surface area contributed by atoms with Gasteiger partial charge in [-0.2, -0.15) is 0 Å². The third-order valence-corrected chi connectivity index (χ3v) is 4.14. The Morgan fingerprint density at radius 1 is 1.12 bits per heavy atom. The first-order valence-corrected chi connectivity index (χ1v) is 8.02. The first kappa shape index (κ1) is 16.2. The predicted molar refractivity (Wildman–Crippen MR) is 91.7 cm³/mol. The van der Waals surface area contributed by atoms with Crippen LogP contribution >= 0.6 is 0 Å². The monoisotopic (exact) mass is 326 g/mol. The topological polar surface area (TPSA) is 49.4 Å². The van der Waals surface area contributed by atoms with E-state index in [1.165, 1.54) is 6.07 Å². The van der Waals surface area contributed by atoms with Crippen LogP contribution in [0.3, 0.4) is 0 Å². The Hall–Kier alpha value is -2.69. The second-order valence-electron chi connectivity index (χ2n) is 5.99. The summed E-state index contributed by atoms with van der Waals surface area (Å²) in [6.07, 6.45) is 2.48. The zero-order valence-electron chi connectivity index (χ0n) is 13.5. The van der Waals surface area contributed by atoms with Crippen LogP contribution in [0.1, 0.15) is 35.2 Å². The second kappa shape index (κ2) is 6.83. The van der Waals surface area contributed by atoms with Crippen molar-refractivity contribution in [3.63, 3.8) is 0 Å². The van der Waals surface area contributed by atoms with Crippen molar-refractivity contribution in [1.82, 2.24) is 0 Å². The summed E-state index contributed by atoms with van der Waals surface area (Å²) in [5, 5.41) is 2.57. The molecule has 1 saturated heterocycles. The molecule has 0 atom stereocenters. The molecule has 24 heavy (non-hydrogen) atoms. The van der Waals surface area contributed by atoms with Gasteiger partial charge in [-0.1, -0.05) is 6.07 Å². The van der Waals surface area contributed by atoms with E-state index in [0.29, 0.717) is 18.5 Å². The van der Waals surface area contributed by atoms with E-state index >= 15 is 0 Å². The number of hydrogen-bond acceptors (Lipinski definition) is 2. The summed E-state index contributed by atoms with van der Waals surface area (Å²) in [6.45, 7) is 2.49. The fourth-order valence-electron chi connectivity index (χ4n) is 2.79. The predicted octanol–water partition coefficient (Wildman–Crippen LogP) is 3.90. The number of hydrogen-bond donors (Lipinski definition) is 1. The van der Waals surface area contributed by atoms with Gasteiger partial charge in [-0.15, -0.1) is 0 Å². The molecule has 1 aliphatic rings. The molecule has 4 nitrogen and oxygen atoms in total. The normalized spacial score (nSPS) is 14.6. The maximum Gasteiger partial charge on any atom is 0.255 e. The van der Waals surface area contributed by atoms with Crippen molar-refractivity contribution in [1.29, 1.82) is 0 Å². The maximum absolute atomic E-state index is 13.8. The van der Waals surface area contributed by atoms with Crippen LogP contribution in [0.4, 0.5) is 15.8 Å². The van der Waals surface area contributed by atoms with Crippen LogP contribution in [0.2, 0.25) is 0 Å². The Morgan fingerprint density at radius 2 is 1.88 bits per heavy atom. The lowest BCUT2D eigenvalue weighted by Crippen LogP contribution is -2.35. The minimum atomic E-state index is -0.459. The molecule has 0 unspecified atom stereocenters. The number of aryl methyl sites for hydroxylation is 1. The van der Waals surface area contributed by atoms with E-state index in [-0.39, 0.29) is 17.5 Å². The molecular formula is C19H19FN2O2. The van der Waals surface area contributed by atoms with Crippen LogP contribution in [0, 0.1) is 12.7 Å². The summed E-state index contributed by atoms with van der Waals surface area (Å²) in [6, 6.07) is 11.5. The summed E-state index contributed by atoms with van der Waals surface area (Å²) >= 11 is 0. The number of carbonyl (C=O) groups is 2. The van der Waals surface area contributed by atoms with Crippen LogP contribution in [0.5, 0.6) is 0 Å². The molecule has 0 aromatic heterocycles. The van der Waals surface area contributed by atoms with Crippen LogP contribution in [0.25, 0.3) is 0 Å². The van der Waals surface area contributed by atoms with Crippen molar-refractivity contribution in [2.75, 3.05) is 16.8 Å². The molecule has 0 radical (unpaired) electrons. The second-order valence-corrected chi connectivity index (χ2v) is 5.99. The van der Waals surface area contributed by atoms with Crippen LogP contribution < -0.4 is 10.2 Å². The smallest absolute Gasteiger partial charge is 0.255 e. The van der Waals surface area contributed by atoms with Crippen molar-refractivity contribution in [2.45, 2.75) is 26.2 Å². The third-order valence-electron chi connectivity index (χ3n) is 4.14. The highest BCUT2D eigenvalue weighted by molar-refractivity contribution is 6.04. The Balaban J connectivity index is 1.73. The summed E-state index contributed by atoms with van der Waals surface area (Å²) in [5.74, 6) is -0.728. The number of rotatable bonds is 3. The fraction of sp³-hybridized carbons (Fsp3) is 0.263. The minimum Gasteiger partial charge on any atom is -0.319 e. The van der Waals surface area contributed by atoms with E-state index in [2.05, 4.69) is 5.32 Å². The van der Waals surface area contributed by atoms with Crippen molar-refractivity contribution in [3.8, 4) is 0 Å². The van der Waals surface area contributed by atoms with E-state index in [1.807, 2.05) is 0 Å². The Morgan fingerprint density at radius 3 is 2.54 bits per heavy atom. The molecule has 0 spiro atoms. The fourth-order valence-corrected chi connectivity index (χ4v) is 2.79. The number of halogens is 1. The third kappa shape index (κ3) is 3.45. The van der Waals surface area contributed by atoms with Gasteiger partial charge in [0.2, 0.25) is 5.91 Å². The number of piperidine rings is 1. The van der Waals surface area contributed by atoms with Crippen molar-refractivity contribution in [3.05, 3.63) is 59.4 Å². The quantitative estimate of drug-likeness (QED) is 0.930. The number of nitrogens with zero attached hydrogens (tertiary/aromatic N) is 1. The molecule has 2 amide bonds. The number of nitrogens with one attached hydrogen (secondary N) is 1. The molecule has 5 heteroatoms. The van der Waals surface area contributed by atoms with E-state index in [9.17, 15) is 14.0 Å². The van der Waals surface area contributed by atoms with Gasteiger partial charge >= 0.3 is 0 Å². The molecule has 3 rings (SSSR count). The average molecular weight is 326 g/mol. The zero-order chi connectivity index (χ0) is 17.1. The van der Waals surface area contributed by atoms with Crippen LogP contribution in [0.15, 0.2) is 42.5 Å². The van der Waals surface area contributed by atoms with Crippen molar-refractivity contribution in [2.24, 2.45) is 0 Å². The maximum atomic E-state index is 13.8. The first-order valence-electron chi connectivity index (χ1n) is 8.02. The molecule has 1 aliphatic heterocycles. The molecule has 0 aliphatic carbocycles. The van der Waals surface area contributed by atoms with Gasteiger partial charge in [-0.25, -0.2) is 4.39 Å². The molecule has 0 saturated carbocycles. The van der Waals surface area contributed by atoms with E-state index in [0.717, 1.165) is 24.1 Å². The minimum absolute atomic E-state index is 0.111. The van der Waals surface area contributed by atoms with Gasteiger partial charge in [0.05, 0.1) is 5.69 Å². The summed E-state index contributed by atoms with van der Waals surface area (Å²) in [4.78, 5) is 25.9. The summed E-state index contributed by atoms with van der Waals surface area (Å²) in [7, 11) is 0.